The maximum Gasteiger partial charge on any atom is 0.406 e. The fourth-order valence-corrected chi connectivity index (χ4v) is 3.54. The van der Waals surface area contributed by atoms with Gasteiger partial charge in [0.25, 0.3) is 0 Å². The molecule has 0 spiro atoms. The van der Waals surface area contributed by atoms with Crippen molar-refractivity contribution in [2.24, 2.45) is 0 Å². The molecular weight excluding hydrogens is 403 g/mol. The van der Waals surface area contributed by atoms with Gasteiger partial charge in [0.05, 0.1) is 0 Å². The van der Waals surface area contributed by atoms with Gasteiger partial charge in [0, 0.05) is 16.3 Å². The van der Waals surface area contributed by atoms with Gasteiger partial charge in [-0.3, -0.25) is 4.90 Å². The summed E-state index contributed by atoms with van der Waals surface area (Å²) in [7, 11) is 0. The molecule has 1 N–H and O–H groups in total. The molecule has 2 amide bonds. The van der Waals surface area contributed by atoms with Crippen LogP contribution < -0.4 is 5.32 Å². The van der Waals surface area contributed by atoms with Gasteiger partial charge in [0.2, 0.25) is 0 Å². The molecule has 0 radical (unpaired) electrons. The number of hydrogen-bond donors (Lipinski definition) is 1. The molecule has 3 rings (SSSR count). The van der Waals surface area contributed by atoms with Gasteiger partial charge in [-0.1, -0.05) is 29.8 Å². The van der Waals surface area contributed by atoms with E-state index >= 15 is 0 Å². The average molecular weight is 417 g/mol. The van der Waals surface area contributed by atoms with Crippen molar-refractivity contribution in [3.63, 3.8) is 0 Å². The third-order valence-corrected chi connectivity index (χ3v) is 4.64. The van der Waals surface area contributed by atoms with E-state index < -0.39 is 35.9 Å². The Labute approximate surface area is 162 Å². The molecule has 2 aromatic carbocycles. The van der Waals surface area contributed by atoms with Gasteiger partial charge >= 0.3 is 12.2 Å². The monoisotopic (exact) mass is 416 g/mol. The fourth-order valence-electron chi connectivity index (χ4n) is 3.37. The summed E-state index contributed by atoms with van der Waals surface area (Å²) in [6, 6.07) is 5.99. The Hall–Kier alpha value is -2.61. The predicted octanol–water partition coefficient (Wildman–Crippen LogP) is 5.85. The number of anilines is 1. The molecule has 2 aromatic rings. The van der Waals surface area contributed by atoms with Crippen molar-refractivity contribution in [2.75, 3.05) is 11.9 Å². The highest BCUT2D eigenvalue weighted by Crippen LogP contribution is 2.46. The second kappa shape index (κ2) is 7.09. The maximum absolute atomic E-state index is 14.0. The number of carbonyl (C=O) groups is 1. The van der Waals surface area contributed by atoms with Gasteiger partial charge in [0.1, 0.15) is 12.1 Å². The number of amides is 2. The second-order valence-corrected chi connectivity index (χ2v) is 6.65. The summed E-state index contributed by atoms with van der Waals surface area (Å²) < 4.78 is 67.4. The van der Waals surface area contributed by atoms with Crippen molar-refractivity contribution < 1.29 is 26.7 Å². The van der Waals surface area contributed by atoms with E-state index in [9.17, 15) is 26.7 Å². The lowest BCUT2D eigenvalue weighted by Gasteiger charge is -2.47. The topological polar surface area (TPSA) is 32.3 Å². The van der Waals surface area contributed by atoms with E-state index in [0.717, 1.165) is 18.2 Å². The number of fused-ring (bicyclic) bond motifs is 1. The minimum absolute atomic E-state index is 0.0490. The molecule has 0 fully saturated rings. The van der Waals surface area contributed by atoms with Gasteiger partial charge in [-0.15, -0.1) is 0 Å². The summed E-state index contributed by atoms with van der Waals surface area (Å²) in [5.74, 6) is -2.41. The molecule has 0 aliphatic carbocycles. The number of urea groups is 1. The molecule has 148 valence electrons. The second-order valence-electron chi connectivity index (χ2n) is 6.22. The van der Waals surface area contributed by atoms with Gasteiger partial charge in [0.15, 0.2) is 11.6 Å². The minimum atomic E-state index is -4.74. The van der Waals surface area contributed by atoms with Crippen LogP contribution in [0.25, 0.3) is 0 Å². The lowest BCUT2D eigenvalue weighted by Crippen LogP contribution is -2.57. The van der Waals surface area contributed by atoms with Crippen molar-refractivity contribution in [2.45, 2.75) is 18.6 Å². The first-order valence-corrected chi connectivity index (χ1v) is 8.51. The highest BCUT2D eigenvalue weighted by atomic mass is 35.5. The number of alkyl halides is 3. The maximum atomic E-state index is 14.0. The van der Waals surface area contributed by atoms with Crippen LogP contribution in [0.15, 0.2) is 48.6 Å². The van der Waals surface area contributed by atoms with Crippen LogP contribution in [0.1, 0.15) is 18.1 Å². The summed E-state index contributed by atoms with van der Waals surface area (Å²) in [6.45, 7) is -0.0712. The van der Waals surface area contributed by atoms with E-state index in [4.69, 9.17) is 11.6 Å². The molecule has 1 atom stereocenters. The molecule has 0 saturated carbocycles. The van der Waals surface area contributed by atoms with Crippen LogP contribution in [-0.4, -0.2) is 23.7 Å². The van der Waals surface area contributed by atoms with Gasteiger partial charge < -0.3 is 5.32 Å². The number of rotatable bonds is 3. The highest BCUT2D eigenvalue weighted by Gasteiger charge is 2.50. The molecular formula is C19H14ClF5N2O. The normalized spacial score (nSPS) is 19.7. The van der Waals surface area contributed by atoms with Crippen LogP contribution >= 0.6 is 11.6 Å². The SMILES string of the molecule is CC=CC1(c2ccc(F)c(F)c2)c2cc(Cl)ccc2NC(=O)N1CC(F)(F)F. The van der Waals surface area contributed by atoms with Crippen molar-refractivity contribution in [3.8, 4) is 0 Å². The van der Waals surface area contributed by atoms with E-state index in [-0.39, 0.29) is 21.8 Å². The van der Waals surface area contributed by atoms with Gasteiger partial charge in [-0.2, -0.15) is 13.2 Å². The number of nitrogens with one attached hydrogen (secondary N) is 1. The van der Waals surface area contributed by atoms with Crippen molar-refractivity contribution in [1.82, 2.24) is 4.90 Å². The van der Waals surface area contributed by atoms with E-state index in [2.05, 4.69) is 5.32 Å². The number of halogens is 6. The molecule has 3 nitrogen and oxygen atoms in total. The van der Waals surface area contributed by atoms with Crippen LogP contribution in [0.5, 0.6) is 0 Å². The summed E-state index contributed by atoms with van der Waals surface area (Å²) in [4.78, 5) is 13.1. The summed E-state index contributed by atoms with van der Waals surface area (Å²) in [6.07, 6.45) is -1.97. The van der Waals surface area contributed by atoms with E-state index in [1.54, 1.807) is 6.92 Å². The Kier molecular flexibility index (Phi) is 5.10. The number of allylic oxidation sites excluding steroid dienone is 1. The molecule has 28 heavy (non-hydrogen) atoms. The first-order valence-electron chi connectivity index (χ1n) is 8.13. The minimum Gasteiger partial charge on any atom is -0.307 e. The Morgan fingerprint density at radius 1 is 1.14 bits per heavy atom. The molecule has 1 unspecified atom stereocenters. The number of nitrogens with zero attached hydrogens (tertiary/aromatic N) is 1. The quantitative estimate of drug-likeness (QED) is 0.494. The standard InChI is InChI=1S/C19H14ClF5N2O/c1-2-7-18(11-3-5-14(21)15(22)8-11)13-9-12(20)4-6-16(13)26-17(28)27(18)10-19(23,24)25/h2-9H,10H2,1H3,(H,26,28). The predicted molar refractivity (Wildman–Crippen MR) is 95.2 cm³/mol. The van der Waals surface area contributed by atoms with Crippen LogP contribution in [-0.2, 0) is 5.54 Å². The molecule has 1 aliphatic rings. The Balaban J connectivity index is 2.39. The zero-order valence-electron chi connectivity index (χ0n) is 14.4. The molecule has 0 aromatic heterocycles. The Morgan fingerprint density at radius 2 is 1.86 bits per heavy atom. The summed E-state index contributed by atoms with van der Waals surface area (Å²) in [5.41, 5.74) is -1.47. The van der Waals surface area contributed by atoms with Crippen molar-refractivity contribution >= 4 is 23.3 Å². The van der Waals surface area contributed by atoms with Crippen LogP contribution in [0.2, 0.25) is 5.02 Å². The largest absolute Gasteiger partial charge is 0.406 e. The van der Waals surface area contributed by atoms with E-state index in [0.29, 0.717) is 4.90 Å². The zero-order valence-corrected chi connectivity index (χ0v) is 15.2. The molecule has 1 aliphatic heterocycles. The smallest absolute Gasteiger partial charge is 0.307 e. The van der Waals surface area contributed by atoms with Gasteiger partial charge in [-0.05, 0) is 42.8 Å². The van der Waals surface area contributed by atoms with Crippen LogP contribution in [0.3, 0.4) is 0 Å². The Bertz CT molecular complexity index is 960. The number of benzene rings is 2. The fraction of sp³-hybridized carbons (Fsp3) is 0.211. The lowest BCUT2D eigenvalue weighted by molar-refractivity contribution is -0.146. The first-order chi connectivity index (χ1) is 13.1. The van der Waals surface area contributed by atoms with Crippen LogP contribution in [0.4, 0.5) is 32.4 Å². The molecule has 1 heterocycles. The third-order valence-electron chi connectivity index (χ3n) is 4.41. The van der Waals surface area contributed by atoms with Crippen LogP contribution in [0, 0.1) is 11.6 Å². The average Bonchev–Trinajstić information content (AvgIpc) is 2.60. The summed E-state index contributed by atoms with van der Waals surface area (Å²) >= 11 is 6.05. The van der Waals surface area contributed by atoms with Gasteiger partial charge in [-0.25, -0.2) is 13.6 Å². The number of hydrogen-bond acceptors (Lipinski definition) is 1. The van der Waals surface area contributed by atoms with E-state index in [1.807, 2.05) is 0 Å². The first kappa shape index (κ1) is 20.1. The summed E-state index contributed by atoms with van der Waals surface area (Å²) in [5, 5.41) is 2.60. The Morgan fingerprint density at radius 3 is 2.46 bits per heavy atom. The lowest BCUT2D eigenvalue weighted by atomic mass is 9.78. The zero-order chi connectivity index (χ0) is 20.7. The molecule has 0 saturated heterocycles. The van der Waals surface area contributed by atoms with Crippen molar-refractivity contribution in [1.29, 1.82) is 0 Å². The van der Waals surface area contributed by atoms with E-state index in [1.165, 1.54) is 30.4 Å². The highest BCUT2D eigenvalue weighted by molar-refractivity contribution is 6.30. The molecule has 9 heteroatoms. The number of carbonyl (C=O) groups excluding carboxylic acids is 1. The molecule has 0 bridgehead atoms. The third kappa shape index (κ3) is 3.44. The van der Waals surface area contributed by atoms with Crippen molar-refractivity contribution in [3.05, 3.63) is 76.3 Å².